The molecule has 0 radical (unpaired) electrons. The number of nitrogens with one attached hydrogen (secondary N) is 2. The molecule has 0 bridgehead atoms. The molecule has 108 valence electrons. The van der Waals surface area contributed by atoms with E-state index in [1.165, 1.54) is 11.8 Å². The van der Waals surface area contributed by atoms with Crippen LogP contribution in [0.1, 0.15) is 26.7 Å². The Morgan fingerprint density at radius 2 is 2.20 bits per heavy atom. The zero-order valence-corrected chi connectivity index (χ0v) is 12.5. The molecule has 2 aromatic heterocycles. The zero-order valence-electron chi connectivity index (χ0n) is 11.7. The second-order valence-electron chi connectivity index (χ2n) is 4.35. The van der Waals surface area contributed by atoms with Gasteiger partial charge in [-0.05, 0) is 36.7 Å². The Morgan fingerprint density at radius 3 is 2.95 bits per heavy atom. The van der Waals surface area contributed by atoms with E-state index in [1.807, 2.05) is 25.1 Å². The van der Waals surface area contributed by atoms with Crippen molar-refractivity contribution in [3.63, 3.8) is 0 Å². The first-order valence-electron chi connectivity index (χ1n) is 6.78. The lowest BCUT2D eigenvalue weighted by molar-refractivity contribution is 0.603. The normalized spacial score (nSPS) is 10.7. The predicted molar refractivity (Wildman–Crippen MR) is 80.3 cm³/mol. The number of aromatic nitrogens is 4. The summed E-state index contributed by atoms with van der Waals surface area (Å²) in [6.45, 7) is 5.69. The summed E-state index contributed by atoms with van der Waals surface area (Å²) in [6.07, 6.45) is 1.94. The molecule has 0 saturated carbocycles. The molecule has 0 unspecified atom stereocenters. The number of H-pyrrole nitrogens is 1. The lowest BCUT2D eigenvalue weighted by Crippen LogP contribution is -2.17. The highest BCUT2D eigenvalue weighted by molar-refractivity contribution is 7.99. The Labute approximate surface area is 122 Å². The SMILES string of the molecule is CCCNc1cccc(Sc2n[nH]c(=O)n2CCC)n1. The van der Waals surface area contributed by atoms with Crippen molar-refractivity contribution in [2.24, 2.45) is 0 Å². The van der Waals surface area contributed by atoms with E-state index in [1.54, 1.807) is 4.57 Å². The molecule has 0 aromatic carbocycles. The highest BCUT2D eigenvalue weighted by Gasteiger charge is 2.10. The van der Waals surface area contributed by atoms with Crippen LogP contribution in [0.15, 0.2) is 33.2 Å². The number of hydrogen-bond acceptors (Lipinski definition) is 5. The molecule has 0 amide bonds. The van der Waals surface area contributed by atoms with Gasteiger partial charge in [-0.15, -0.1) is 5.10 Å². The molecule has 7 heteroatoms. The zero-order chi connectivity index (χ0) is 14.4. The fraction of sp³-hybridized carbons (Fsp3) is 0.462. The molecule has 0 aliphatic carbocycles. The van der Waals surface area contributed by atoms with Gasteiger partial charge in [0.05, 0.1) is 0 Å². The van der Waals surface area contributed by atoms with Crippen LogP contribution in [-0.2, 0) is 6.54 Å². The van der Waals surface area contributed by atoms with Gasteiger partial charge in [-0.3, -0.25) is 4.57 Å². The summed E-state index contributed by atoms with van der Waals surface area (Å²) in [5, 5.41) is 11.2. The Hall–Kier alpha value is -1.76. The predicted octanol–water partition coefficient (Wildman–Crippen LogP) is 2.35. The summed E-state index contributed by atoms with van der Waals surface area (Å²) in [4.78, 5) is 16.1. The number of pyridine rings is 1. The smallest absolute Gasteiger partial charge is 0.343 e. The molecule has 2 aromatic rings. The Morgan fingerprint density at radius 1 is 1.35 bits per heavy atom. The molecule has 0 spiro atoms. The fourth-order valence-corrected chi connectivity index (χ4v) is 2.57. The minimum Gasteiger partial charge on any atom is -0.370 e. The van der Waals surface area contributed by atoms with Gasteiger partial charge in [0.15, 0.2) is 5.16 Å². The average molecular weight is 293 g/mol. The molecule has 0 fully saturated rings. The number of anilines is 1. The Balaban J connectivity index is 2.15. The van der Waals surface area contributed by atoms with E-state index in [4.69, 9.17) is 0 Å². The maximum absolute atomic E-state index is 11.6. The minimum absolute atomic E-state index is 0.172. The summed E-state index contributed by atoms with van der Waals surface area (Å²) in [6, 6.07) is 5.79. The van der Waals surface area contributed by atoms with Crippen LogP contribution >= 0.6 is 11.8 Å². The van der Waals surface area contributed by atoms with Crippen LogP contribution in [0, 0.1) is 0 Å². The standard InChI is InChI=1S/C13H19N5OS/c1-3-8-14-10-6-5-7-11(15-10)20-13-17-16-12(19)18(13)9-4-2/h5-7H,3-4,8-9H2,1-2H3,(H,14,15)(H,16,19). The Bertz CT molecular complexity index is 607. The lowest BCUT2D eigenvalue weighted by atomic mass is 10.4. The summed E-state index contributed by atoms with van der Waals surface area (Å²) < 4.78 is 1.64. The second-order valence-corrected chi connectivity index (χ2v) is 5.34. The molecule has 0 atom stereocenters. The average Bonchev–Trinajstić information content (AvgIpc) is 2.79. The van der Waals surface area contributed by atoms with Crippen LogP contribution in [0.3, 0.4) is 0 Å². The van der Waals surface area contributed by atoms with Crippen LogP contribution in [0.2, 0.25) is 0 Å². The van der Waals surface area contributed by atoms with Gasteiger partial charge in [0.1, 0.15) is 10.8 Å². The van der Waals surface area contributed by atoms with Crippen molar-refractivity contribution >= 4 is 17.6 Å². The van der Waals surface area contributed by atoms with Crippen molar-refractivity contribution in [1.82, 2.24) is 19.7 Å². The van der Waals surface area contributed by atoms with Crippen LogP contribution in [0.5, 0.6) is 0 Å². The summed E-state index contributed by atoms with van der Waals surface area (Å²) >= 11 is 1.39. The third-order valence-corrected chi connectivity index (χ3v) is 3.58. The van der Waals surface area contributed by atoms with Crippen molar-refractivity contribution in [3.8, 4) is 0 Å². The first kappa shape index (κ1) is 14.6. The maximum Gasteiger partial charge on any atom is 0.343 e. The van der Waals surface area contributed by atoms with Crippen molar-refractivity contribution in [2.75, 3.05) is 11.9 Å². The maximum atomic E-state index is 11.6. The summed E-state index contributed by atoms with van der Waals surface area (Å²) in [7, 11) is 0. The largest absolute Gasteiger partial charge is 0.370 e. The molecular weight excluding hydrogens is 274 g/mol. The van der Waals surface area contributed by atoms with Gasteiger partial charge in [0.25, 0.3) is 0 Å². The third kappa shape index (κ3) is 3.63. The highest BCUT2D eigenvalue weighted by atomic mass is 32.2. The van der Waals surface area contributed by atoms with Gasteiger partial charge in [0.2, 0.25) is 0 Å². The molecule has 2 heterocycles. The first-order chi connectivity index (χ1) is 9.74. The Kier molecular flexibility index (Phi) is 5.23. The molecule has 2 rings (SSSR count). The first-order valence-corrected chi connectivity index (χ1v) is 7.60. The van der Waals surface area contributed by atoms with Crippen molar-refractivity contribution in [2.45, 2.75) is 43.4 Å². The molecule has 0 aliphatic heterocycles. The summed E-state index contributed by atoms with van der Waals surface area (Å²) in [5.41, 5.74) is -0.172. The molecule has 0 saturated heterocycles. The van der Waals surface area contributed by atoms with Gasteiger partial charge in [-0.1, -0.05) is 19.9 Å². The molecule has 6 nitrogen and oxygen atoms in total. The van der Waals surface area contributed by atoms with Crippen LogP contribution in [-0.4, -0.2) is 26.3 Å². The lowest BCUT2D eigenvalue weighted by Gasteiger charge is -2.06. The van der Waals surface area contributed by atoms with E-state index in [0.717, 1.165) is 30.2 Å². The van der Waals surface area contributed by atoms with E-state index >= 15 is 0 Å². The van der Waals surface area contributed by atoms with Gasteiger partial charge in [-0.2, -0.15) is 0 Å². The fourth-order valence-electron chi connectivity index (χ4n) is 1.72. The summed E-state index contributed by atoms with van der Waals surface area (Å²) in [5.74, 6) is 0.844. The van der Waals surface area contributed by atoms with E-state index in [2.05, 4.69) is 27.4 Å². The monoisotopic (exact) mass is 293 g/mol. The number of aromatic amines is 1. The van der Waals surface area contributed by atoms with Crippen molar-refractivity contribution in [1.29, 1.82) is 0 Å². The minimum atomic E-state index is -0.172. The molecule has 0 aliphatic rings. The molecular formula is C13H19N5OS. The number of nitrogens with zero attached hydrogens (tertiary/aromatic N) is 3. The van der Waals surface area contributed by atoms with Crippen molar-refractivity contribution in [3.05, 3.63) is 28.7 Å². The number of hydrogen-bond donors (Lipinski definition) is 2. The quantitative estimate of drug-likeness (QED) is 0.819. The molecule has 2 N–H and O–H groups in total. The number of rotatable bonds is 7. The van der Waals surface area contributed by atoms with Crippen LogP contribution < -0.4 is 11.0 Å². The van der Waals surface area contributed by atoms with E-state index in [9.17, 15) is 4.79 Å². The van der Waals surface area contributed by atoms with E-state index in [0.29, 0.717) is 11.7 Å². The topological polar surface area (TPSA) is 75.6 Å². The van der Waals surface area contributed by atoms with Gasteiger partial charge in [0, 0.05) is 13.1 Å². The van der Waals surface area contributed by atoms with Gasteiger partial charge in [-0.25, -0.2) is 14.9 Å². The van der Waals surface area contributed by atoms with E-state index in [-0.39, 0.29) is 5.69 Å². The van der Waals surface area contributed by atoms with Gasteiger partial charge >= 0.3 is 5.69 Å². The van der Waals surface area contributed by atoms with Crippen LogP contribution in [0.25, 0.3) is 0 Å². The van der Waals surface area contributed by atoms with E-state index < -0.39 is 0 Å². The van der Waals surface area contributed by atoms with Gasteiger partial charge < -0.3 is 5.32 Å². The second kappa shape index (κ2) is 7.14. The van der Waals surface area contributed by atoms with Crippen LogP contribution in [0.4, 0.5) is 5.82 Å². The molecule has 20 heavy (non-hydrogen) atoms. The third-order valence-electron chi connectivity index (χ3n) is 2.65. The van der Waals surface area contributed by atoms with Crippen molar-refractivity contribution < 1.29 is 0 Å². The highest BCUT2D eigenvalue weighted by Crippen LogP contribution is 2.24.